The summed E-state index contributed by atoms with van der Waals surface area (Å²) in [6.07, 6.45) is 0. The number of furan rings is 2. The molecule has 7 aromatic carbocycles. The van der Waals surface area contributed by atoms with Gasteiger partial charge >= 0.3 is 0 Å². The number of benzene rings is 7. The maximum atomic E-state index is 7.36. The van der Waals surface area contributed by atoms with Crippen molar-refractivity contribution in [1.82, 2.24) is 0 Å². The summed E-state index contributed by atoms with van der Waals surface area (Å²) in [6, 6.07) is 47.8. The average Bonchev–Trinajstić information content (AvgIpc) is 3.91. The smallest absolute Gasteiger partial charge is 0.262 e. The highest BCUT2D eigenvalue weighted by molar-refractivity contribution is 7.02. The Morgan fingerprint density at radius 3 is 1.22 bits per heavy atom. The third-order valence-electron chi connectivity index (χ3n) is 14.2. The molecule has 9 heteroatoms. The van der Waals surface area contributed by atoms with Crippen molar-refractivity contribution < 1.29 is 27.8 Å². The molecule has 13 rings (SSSR count). The second kappa shape index (κ2) is 14.7. The van der Waals surface area contributed by atoms with Gasteiger partial charge in [-0.05, 0) is 99.6 Å². The molecule has 4 aliphatic heterocycles. The van der Waals surface area contributed by atoms with Gasteiger partial charge in [0.15, 0.2) is 23.0 Å². The summed E-state index contributed by atoms with van der Waals surface area (Å²) in [6.45, 7) is 17.4. The van der Waals surface area contributed by atoms with Gasteiger partial charge in [0, 0.05) is 56.3 Å². The summed E-state index contributed by atoms with van der Waals surface area (Å²) in [5, 5.41) is 2.15. The van der Waals surface area contributed by atoms with E-state index in [9.17, 15) is 0 Å². The van der Waals surface area contributed by atoms with Crippen LogP contribution < -0.4 is 45.1 Å². The molecule has 0 atom stereocenters. The molecule has 0 amide bonds. The minimum atomic E-state index is -0.291. The second-order valence-corrected chi connectivity index (χ2v) is 20.6. The molecule has 68 heavy (non-hydrogen) atoms. The first-order valence-electron chi connectivity index (χ1n) is 23.8. The van der Waals surface area contributed by atoms with Gasteiger partial charge in [-0.2, -0.15) is 0 Å². The molecule has 0 aliphatic carbocycles. The molecule has 336 valence electrons. The fourth-order valence-electron chi connectivity index (χ4n) is 10.8. The van der Waals surface area contributed by atoms with Crippen LogP contribution in [0.15, 0.2) is 142 Å². The summed E-state index contributed by atoms with van der Waals surface area (Å²) >= 11 is 0. The molecule has 0 N–H and O–H groups in total. The average molecular weight is 895 g/mol. The second-order valence-electron chi connectivity index (χ2n) is 20.6. The molecule has 2 aromatic heterocycles. The van der Waals surface area contributed by atoms with Gasteiger partial charge in [-0.1, -0.05) is 114 Å². The van der Waals surface area contributed by atoms with Crippen LogP contribution in [-0.2, 0) is 10.8 Å². The molecule has 0 saturated carbocycles. The summed E-state index contributed by atoms with van der Waals surface area (Å²) in [5.41, 5.74) is 16.3. The van der Waals surface area contributed by atoms with E-state index in [2.05, 4.69) is 192 Å². The van der Waals surface area contributed by atoms with E-state index in [-0.39, 0.29) is 17.5 Å². The zero-order valence-electron chi connectivity index (χ0n) is 39.5. The van der Waals surface area contributed by atoms with Gasteiger partial charge in [0.05, 0.1) is 11.4 Å². The van der Waals surface area contributed by atoms with Gasteiger partial charge in [0.25, 0.3) is 6.71 Å². The highest BCUT2D eigenvalue weighted by Gasteiger charge is 2.50. The highest BCUT2D eigenvalue weighted by atomic mass is 16.6. The largest absolute Gasteiger partial charge is 0.486 e. The number of aryl methyl sites for hydroxylation is 1. The summed E-state index contributed by atoms with van der Waals surface area (Å²) in [5.74, 6) is 4.37. The lowest BCUT2D eigenvalue weighted by Crippen LogP contribution is -2.61. The number of anilines is 6. The van der Waals surface area contributed by atoms with Crippen molar-refractivity contribution in [2.45, 2.75) is 59.3 Å². The molecule has 9 aromatic rings. The van der Waals surface area contributed by atoms with Crippen molar-refractivity contribution in [3.8, 4) is 45.3 Å². The molecule has 0 spiro atoms. The fraction of sp³-hybridized carbons (Fsp3) is 0.220. The maximum absolute atomic E-state index is 7.36. The third kappa shape index (κ3) is 6.20. The van der Waals surface area contributed by atoms with Gasteiger partial charge in [-0.25, -0.2) is 0 Å². The van der Waals surface area contributed by atoms with E-state index in [1.165, 1.54) is 11.1 Å². The van der Waals surface area contributed by atoms with Crippen molar-refractivity contribution in [1.29, 1.82) is 0 Å². The van der Waals surface area contributed by atoms with Gasteiger partial charge < -0.3 is 27.8 Å². The molecule has 0 unspecified atom stereocenters. The quantitative estimate of drug-likeness (QED) is 0.162. The van der Waals surface area contributed by atoms with Crippen LogP contribution in [0.2, 0.25) is 0 Å². The van der Waals surface area contributed by atoms with E-state index in [1.807, 2.05) is 0 Å². The SMILES string of the molecule is Cc1cc2c3c(c1)N(c1cc4c(cc1-c1ccccc1)OCCO4)c1oc4ccc(C(C)(C)C)cc4c1B3c1c(oc3ccc(C(C)(C)C)cc13)N2c1cc2c(cc1-c1ccccc1)OCCO2. The molecule has 0 saturated heterocycles. The first-order chi connectivity index (χ1) is 32.9. The summed E-state index contributed by atoms with van der Waals surface area (Å²) < 4.78 is 40.1. The molecule has 6 heterocycles. The monoisotopic (exact) mass is 894 g/mol. The number of fused-ring (bicyclic) bond motifs is 10. The van der Waals surface area contributed by atoms with Crippen LogP contribution >= 0.6 is 0 Å². The Labute approximate surface area is 396 Å². The maximum Gasteiger partial charge on any atom is 0.262 e. The van der Waals surface area contributed by atoms with E-state index in [0.29, 0.717) is 37.9 Å². The van der Waals surface area contributed by atoms with Crippen LogP contribution in [0.1, 0.15) is 58.2 Å². The van der Waals surface area contributed by atoms with E-state index in [4.69, 9.17) is 27.8 Å². The highest BCUT2D eigenvalue weighted by Crippen LogP contribution is 2.54. The lowest BCUT2D eigenvalue weighted by atomic mass is 9.33. The molecule has 0 bridgehead atoms. The predicted molar refractivity (Wildman–Crippen MR) is 275 cm³/mol. The molecular formula is C59H51BN2O6. The Hall–Kier alpha value is -7.52. The molecule has 0 fully saturated rings. The van der Waals surface area contributed by atoms with Crippen LogP contribution in [0.3, 0.4) is 0 Å². The van der Waals surface area contributed by atoms with Crippen molar-refractivity contribution in [2.75, 3.05) is 36.2 Å². The van der Waals surface area contributed by atoms with Crippen molar-refractivity contribution in [2.24, 2.45) is 0 Å². The number of nitrogens with zero attached hydrogens (tertiary/aromatic N) is 2. The first-order valence-corrected chi connectivity index (χ1v) is 23.8. The minimum Gasteiger partial charge on any atom is -0.486 e. The van der Waals surface area contributed by atoms with Crippen LogP contribution in [0.4, 0.5) is 34.5 Å². The number of hydrogen-bond donors (Lipinski definition) is 0. The first kappa shape index (κ1) is 40.7. The summed E-state index contributed by atoms with van der Waals surface area (Å²) in [4.78, 5) is 4.70. The Kier molecular flexibility index (Phi) is 8.83. The Morgan fingerprint density at radius 1 is 0.426 bits per heavy atom. The van der Waals surface area contributed by atoms with E-state index in [1.54, 1.807) is 0 Å². The minimum absolute atomic E-state index is 0.117. The molecule has 8 nitrogen and oxygen atoms in total. The number of ether oxygens (including phenoxy) is 4. The fourth-order valence-corrected chi connectivity index (χ4v) is 10.8. The Morgan fingerprint density at radius 2 is 0.824 bits per heavy atom. The summed E-state index contributed by atoms with van der Waals surface area (Å²) in [7, 11) is 0. The topological polar surface area (TPSA) is 69.7 Å². The van der Waals surface area contributed by atoms with E-state index < -0.39 is 0 Å². The lowest BCUT2D eigenvalue weighted by molar-refractivity contribution is 0.172. The standard InChI is InChI=1S/C59H51BN2O6/c1-34-26-45-55-46(27-34)62(44-33-52-50(64-23-25-66-52)31-40(44)36-16-12-9-13-17-36)57-54(42-29-38(59(5,6)7)19-21-48(42)68-57)60(55)53-41-28-37(58(2,3)4)18-20-47(41)67-56(53)61(45)43-32-51-49(63-22-24-65-51)30-39(43)35-14-10-8-11-15-35/h8-21,26-33H,22-25H2,1-7H3. The van der Waals surface area contributed by atoms with Gasteiger partial charge in [-0.3, -0.25) is 9.80 Å². The zero-order chi connectivity index (χ0) is 46.2. The van der Waals surface area contributed by atoms with Crippen LogP contribution in [0.5, 0.6) is 23.0 Å². The van der Waals surface area contributed by atoms with Crippen molar-refractivity contribution in [3.05, 3.63) is 150 Å². The predicted octanol–water partition coefficient (Wildman–Crippen LogP) is 13.0. The Balaban J connectivity index is 1.19. The van der Waals surface area contributed by atoms with Crippen LogP contribution in [0.25, 0.3) is 44.2 Å². The van der Waals surface area contributed by atoms with Gasteiger partial charge in [0.2, 0.25) is 11.8 Å². The molecule has 0 radical (unpaired) electrons. The van der Waals surface area contributed by atoms with E-state index in [0.717, 1.165) is 112 Å². The Bertz CT molecular complexity index is 3300. The molecular weight excluding hydrogens is 843 g/mol. The van der Waals surface area contributed by atoms with Gasteiger partial charge in [-0.15, -0.1) is 0 Å². The van der Waals surface area contributed by atoms with Gasteiger partial charge in [0.1, 0.15) is 37.6 Å². The van der Waals surface area contributed by atoms with E-state index >= 15 is 0 Å². The molecule has 4 aliphatic rings. The third-order valence-corrected chi connectivity index (χ3v) is 14.2. The number of rotatable bonds is 4. The van der Waals surface area contributed by atoms with Crippen LogP contribution in [0, 0.1) is 6.92 Å². The zero-order valence-corrected chi connectivity index (χ0v) is 39.5. The van der Waals surface area contributed by atoms with Crippen LogP contribution in [-0.4, -0.2) is 33.1 Å². The number of hydrogen-bond acceptors (Lipinski definition) is 8. The van der Waals surface area contributed by atoms with Crippen molar-refractivity contribution in [3.63, 3.8) is 0 Å². The lowest BCUT2D eigenvalue weighted by Gasteiger charge is -2.42. The van der Waals surface area contributed by atoms with Crippen molar-refractivity contribution >= 4 is 79.6 Å². The normalized spacial score (nSPS) is 14.8.